The van der Waals surface area contributed by atoms with Crippen LogP contribution in [0.25, 0.3) is 0 Å². The molecule has 7 heavy (non-hydrogen) atoms. The van der Waals surface area contributed by atoms with Crippen molar-refractivity contribution in [1.29, 1.82) is 0 Å². The largest absolute Gasteiger partial charge is 0.0925 e. The lowest BCUT2D eigenvalue weighted by Crippen LogP contribution is -1.77. The molecule has 2 rings (SSSR count). The van der Waals surface area contributed by atoms with Gasteiger partial charge in [0.05, 0.1) is 0 Å². The summed E-state index contributed by atoms with van der Waals surface area (Å²) in [5, 5.41) is -1.08. The lowest BCUT2D eigenvalue weighted by Gasteiger charge is -1.80. The van der Waals surface area contributed by atoms with Crippen molar-refractivity contribution in [2.24, 2.45) is 11.3 Å². The summed E-state index contributed by atoms with van der Waals surface area (Å²) < 4.78 is 14.7. The molecule has 0 aromatic heterocycles. The molecule has 0 heterocycles. The van der Waals surface area contributed by atoms with Crippen LogP contribution in [0.4, 0.5) is 0 Å². The first kappa shape index (κ1) is 2.86. The topological polar surface area (TPSA) is 0 Å². The zero-order chi connectivity index (χ0) is 6.70. The van der Waals surface area contributed by atoms with Crippen LogP contribution in [-0.4, -0.2) is 5.28 Å². The van der Waals surface area contributed by atoms with Crippen molar-refractivity contribution >= 4 is 15.9 Å². The highest BCUT2D eigenvalue weighted by Gasteiger charge is 2.61. The molecule has 0 aromatic rings. The summed E-state index contributed by atoms with van der Waals surface area (Å²) in [4.78, 5) is 0. The molecule has 0 aliphatic heterocycles. The molecule has 40 valence electrons. The molecule has 2 aliphatic rings. The first-order valence-corrected chi connectivity index (χ1v) is 3.53. The third kappa shape index (κ3) is 0.479. The molecule has 2 fully saturated rings. The van der Waals surface area contributed by atoms with E-state index >= 15 is 0 Å². The second-order valence-corrected chi connectivity index (χ2v) is 3.19. The standard InChI is InChI=1S/C6H9Br/c7-4-5-3-6(5)1-2-6/h5H,1-4H2/i4D2. The lowest BCUT2D eigenvalue weighted by atomic mass is 10.3. The van der Waals surface area contributed by atoms with Crippen LogP contribution in [0.2, 0.25) is 0 Å². The minimum atomic E-state index is -1.08. The molecule has 0 bridgehead atoms. The average molecular weight is 163 g/mol. The minimum absolute atomic E-state index is 0.324. The van der Waals surface area contributed by atoms with Crippen LogP contribution in [0.1, 0.15) is 22.0 Å². The Hall–Kier alpha value is 0.480. The maximum atomic E-state index is 7.33. The van der Waals surface area contributed by atoms with Crippen molar-refractivity contribution in [3.8, 4) is 0 Å². The van der Waals surface area contributed by atoms with Crippen LogP contribution in [-0.2, 0) is 0 Å². The van der Waals surface area contributed by atoms with Crippen LogP contribution in [0.3, 0.4) is 0 Å². The molecule has 0 amide bonds. The van der Waals surface area contributed by atoms with E-state index in [4.69, 9.17) is 2.74 Å². The molecular formula is C6H9Br. The van der Waals surface area contributed by atoms with Gasteiger partial charge in [0, 0.05) is 8.02 Å². The summed E-state index contributed by atoms with van der Waals surface area (Å²) in [7, 11) is 0. The van der Waals surface area contributed by atoms with Gasteiger partial charge in [0.1, 0.15) is 0 Å². The first-order chi connectivity index (χ1) is 4.05. The number of halogens is 1. The van der Waals surface area contributed by atoms with E-state index < -0.39 is 5.28 Å². The Balaban J connectivity index is 2.04. The Bertz CT molecular complexity index is 146. The van der Waals surface area contributed by atoms with Crippen molar-refractivity contribution < 1.29 is 2.74 Å². The van der Waals surface area contributed by atoms with E-state index in [0.717, 1.165) is 6.42 Å². The lowest BCUT2D eigenvalue weighted by molar-refractivity contribution is 0.784. The van der Waals surface area contributed by atoms with Crippen LogP contribution in [0.15, 0.2) is 0 Å². The SMILES string of the molecule is [2H]C([2H])(Br)C1CC12CC2. The van der Waals surface area contributed by atoms with E-state index in [9.17, 15) is 0 Å². The van der Waals surface area contributed by atoms with E-state index in [0.29, 0.717) is 11.3 Å². The van der Waals surface area contributed by atoms with Gasteiger partial charge in [-0.1, -0.05) is 15.9 Å². The zero-order valence-corrected chi connectivity index (χ0v) is 5.66. The third-order valence-electron chi connectivity index (χ3n) is 2.21. The predicted molar refractivity (Wildman–Crippen MR) is 33.6 cm³/mol. The van der Waals surface area contributed by atoms with E-state index in [1.54, 1.807) is 0 Å². The van der Waals surface area contributed by atoms with Gasteiger partial charge >= 0.3 is 0 Å². The second kappa shape index (κ2) is 1.07. The zero-order valence-electron chi connectivity index (χ0n) is 6.08. The molecule has 2 aliphatic carbocycles. The fourth-order valence-corrected chi connectivity index (χ4v) is 1.86. The van der Waals surface area contributed by atoms with Crippen molar-refractivity contribution in [1.82, 2.24) is 0 Å². The molecule has 1 spiro atoms. The van der Waals surface area contributed by atoms with E-state index in [1.165, 1.54) is 12.8 Å². The summed E-state index contributed by atoms with van der Waals surface area (Å²) in [5.74, 6) is 0.324. The molecule has 1 heteroatoms. The summed E-state index contributed by atoms with van der Waals surface area (Å²) in [5.41, 5.74) is 0.479. The summed E-state index contributed by atoms with van der Waals surface area (Å²) in [6, 6.07) is 0. The molecule has 1 atom stereocenters. The van der Waals surface area contributed by atoms with Crippen molar-refractivity contribution in [3.63, 3.8) is 0 Å². The van der Waals surface area contributed by atoms with Gasteiger partial charge in [0.15, 0.2) is 0 Å². The molecule has 1 unspecified atom stereocenters. The van der Waals surface area contributed by atoms with Gasteiger partial charge < -0.3 is 0 Å². The Morgan fingerprint density at radius 3 is 2.71 bits per heavy atom. The van der Waals surface area contributed by atoms with Crippen LogP contribution in [0, 0.1) is 11.3 Å². The number of hydrogen-bond acceptors (Lipinski definition) is 0. The average Bonchev–Trinajstić information content (AvgIpc) is 2.46. The van der Waals surface area contributed by atoms with Gasteiger partial charge in [-0.05, 0) is 30.6 Å². The van der Waals surface area contributed by atoms with Crippen molar-refractivity contribution in [2.45, 2.75) is 19.3 Å². The van der Waals surface area contributed by atoms with E-state index in [1.807, 2.05) is 0 Å². The fourth-order valence-electron chi connectivity index (χ4n) is 1.22. The van der Waals surface area contributed by atoms with Crippen LogP contribution >= 0.6 is 15.9 Å². The second-order valence-electron chi connectivity index (χ2n) is 2.73. The number of hydrogen-bond donors (Lipinski definition) is 0. The van der Waals surface area contributed by atoms with Gasteiger partial charge in [-0.3, -0.25) is 0 Å². The maximum Gasteiger partial charge on any atom is 0.0390 e. The molecule has 0 saturated heterocycles. The predicted octanol–water partition coefficient (Wildman–Crippen LogP) is 2.18. The highest BCUT2D eigenvalue weighted by atomic mass is 79.9. The Morgan fingerprint density at radius 2 is 2.57 bits per heavy atom. The number of rotatable bonds is 1. The summed E-state index contributed by atoms with van der Waals surface area (Å²) >= 11 is 3.05. The van der Waals surface area contributed by atoms with Gasteiger partial charge in [-0.15, -0.1) is 0 Å². The van der Waals surface area contributed by atoms with E-state index in [-0.39, 0.29) is 0 Å². The van der Waals surface area contributed by atoms with Crippen LogP contribution in [0.5, 0.6) is 0 Å². The molecular weight excluding hydrogens is 152 g/mol. The molecule has 2 saturated carbocycles. The normalized spacial score (nSPS) is 47.9. The molecule has 0 nitrogen and oxygen atoms in total. The quantitative estimate of drug-likeness (QED) is 0.519. The summed E-state index contributed by atoms with van der Waals surface area (Å²) in [6.07, 6.45) is 3.65. The maximum absolute atomic E-state index is 7.33. The van der Waals surface area contributed by atoms with Gasteiger partial charge in [0.25, 0.3) is 0 Å². The van der Waals surface area contributed by atoms with Gasteiger partial charge in [-0.25, -0.2) is 0 Å². The van der Waals surface area contributed by atoms with Crippen LogP contribution < -0.4 is 0 Å². The summed E-state index contributed by atoms with van der Waals surface area (Å²) in [6.45, 7) is 0. The number of alkyl halides is 1. The van der Waals surface area contributed by atoms with Crippen molar-refractivity contribution in [3.05, 3.63) is 0 Å². The van der Waals surface area contributed by atoms with E-state index in [2.05, 4.69) is 15.9 Å². The molecule has 0 N–H and O–H groups in total. The highest BCUT2D eigenvalue weighted by Crippen LogP contribution is 2.70. The van der Waals surface area contributed by atoms with Gasteiger partial charge in [0.2, 0.25) is 0 Å². The van der Waals surface area contributed by atoms with Crippen molar-refractivity contribution in [2.75, 3.05) is 5.28 Å². The smallest absolute Gasteiger partial charge is 0.0390 e. The Morgan fingerprint density at radius 1 is 1.86 bits per heavy atom. The molecule has 0 radical (unpaired) electrons. The minimum Gasteiger partial charge on any atom is -0.0925 e. The fraction of sp³-hybridized carbons (Fsp3) is 1.00. The Labute approximate surface area is 55.2 Å². The monoisotopic (exact) mass is 162 g/mol. The highest BCUT2D eigenvalue weighted by molar-refractivity contribution is 9.09. The third-order valence-corrected chi connectivity index (χ3v) is 2.77. The Kier molecular flexibility index (Phi) is 0.438. The van der Waals surface area contributed by atoms with Gasteiger partial charge in [-0.2, -0.15) is 0 Å². The first-order valence-electron chi connectivity index (χ1n) is 3.74. The molecule has 0 aromatic carbocycles.